The van der Waals surface area contributed by atoms with Crippen LogP contribution in [-0.4, -0.2) is 32.1 Å². The Bertz CT molecular complexity index is 411. The number of aryl methyl sites for hydroxylation is 1. The zero-order valence-electron chi connectivity index (χ0n) is 12.2. The van der Waals surface area contributed by atoms with Crippen LogP contribution in [0.2, 0.25) is 0 Å². The monoisotopic (exact) mass is 324 g/mol. The van der Waals surface area contributed by atoms with Crippen LogP contribution in [0.25, 0.3) is 0 Å². The minimum Gasteiger partial charge on any atom is -0.317 e. The Morgan fingerprint density at radius 1 is 1.32 bits per heavy atom. The lowest BCUT2D eigenvalue weighted by atomic mass is 9.86. The van der Waals surface area contributed by atoms with Crippen LogP contribution in [0.3, 0.4) is 0 Å². The predicted octanol–water partition coefficient (Wildman–Crippen LogP) is 3.75. The second-order valence-corrected chi connectivity index (χ2v) is 6.83. The van der Waals surface area contributed by atoms with Crippen LogP contribution in [0.1, 0.15) is 36.4 Å². The highest BCUT2D eigenvalue weighted by Gasteiger charge is 2.22. The van der Waals surface area contributed by atoms with Gasteiger partial charge in [-0.05, 0) is 82.5 Å². The van der Waals surface area contributed by atoms with E-state index in [1.807, 2.05) is 0 Å². The molecule has 1 aromatic carbocycles. The molecule has 0 aromatic heterocycles. The summed E-state index contributed by atoms with van der Waals surface area (Å²) in [5.74, 6) is 0.854. The Hall–Kier alpha value is -0.380. The maximum absolute atomic E-state index is 3.61. The summed E-state index contributed by atoms with van der Waals surface area (Å²) in [5, 5.41) is 3.46. The van der Waals surface area contributed by atoms with Crippen LogP contribution >= 0.6 is 15.9 Å². The van der Waals surface area contributed by atoms with Crippen molar-refractivity contribution in [2.45, 2.75) is 32.2 Å². The topological polar surface area (TPSA) is 15.3 Å². The second kappa shape index (κ2) is 6.87. The normalized spacial score (nSPS) is 18.8. The molecule has 1 aliphatic rings. The van der Waals surface area contributed by atoms with Crippen molar-refractivity contribution < 1.29 is 0 Å². The Morgan fingerprint density at radius 3 is 2.63 bits per heavy atom. The molecule has 1 N–H and O–H groups in total. The van der Waals surface area contributed by atoms with Gasteiger partial charge in [-0.25, -0.2) is 0 Å². The molecule has 1 atom stereocenters. The highest BCUT2D eigenvalue weighted by Crippen LogP contribution is 2.33. The van der Waals surface area contributed by atoms with Gasteiger partial charge in [-0.3, -0.25) is 0 Å². The number of halogens is 1. The first-order valence-corrected chi connectivity index (χ1v) is 8.00. The molecular weight excluding hydrogens is 300 g/mol. The molecular formula is C16H25BrN2. The number of piperidine rings is 1. The summed E-state index contributed by atoms with van der Waals surface area (Å²) in [6.45, 7) is 4.59. The molecule has 1 aliphatic heterocycles. The molecule has 0 saturated carbocycles. The molecule has 0 amide bonds. The van der Waals surface area contributed by atoms with Crippen molar-refractivity contribution in [3.8, 4) is 0 Å². The number of benzene rings is 1. The van der Waals surface area contributed by atoms with Gasteiger partial charge in [-0.1, -0.05) is 22.0 Å². The maximum atomic E-state index is 3.61. The van der Waals surface area contributed by atoms with Gasteiger partial charge in [0.05, 0.1) is 0 Å². The molecule has 1 saturated heterocycles. The van der Waals surface area contributed by atoms with Crippen LogP contribution in [0.4, 0.5) is 0 Å². The lowest BCUT2D eigenvalue weighted by Gasteiger charge is -2.32. The van der Waals surface area contributed by atoms with Crippen molar-refractivity contribution in [2.24, 2.45) is 5.92 Å². The van der Waals surface area contributed by atoms with E-state index in [-0.39, 0.29) is 0 Å². The average Bonchev–Trinajstić information content (AvgIpc) is 2.40. The van der Waals surface area contributed by atoms with Gasteiger partial charge in [0, 0.05) is 10.5 Å². The van der Waals surface area contributed by atoms with E-state index in [0.717, 1.165) is 5.92 Å². The van der Waals surface area contributed by atoms with Gasteiger partial charge in [0.2, 0.25) is 0 Å². The van der Waals surface area contributed by atoms with Crippen molar-refractivity contribution in [1.82, 2.24) is 10.2 Å². The smallest absolute Gasteiger partial charge is 0.0347 e. The molecule has 0 spiro atoms. The summed E-state index contributed by atoms with van der Waals surface area (Å²) >= 11 is 3.61. The molecule has 1 unspecified atom stereocenters. The molecule has 19 heavy (non-hydrogen) atoms. The van der Waals surface area contributed by atoms with Gasteiger partial charge >= 0.3 is 0 Å². The van der Waals surface area contributed by atoms with Gasteiger partial charge in [0.15, 0.2) is 0 Å². The van der Waals surface area contributed by atoms with Crippen LogP contribution in [0, 0.1) is 12.8 Å². The van der Waals surface area contributed by atoms with E-state index in [9.17, 15) is 0 Å². The van der Waals surface area contributed by atoms with Crippen LogP contribution in [0.15, 0.2) is 22.7 Å². The number of hydrogen-bond acceptors (Lipinski definition) is 2. The summed E-state index contributed by atoms with van der Waals surface area (Å²) in [4.78, 5) is 2.37. The molecule has 1 fully saturated rings. The molecule has 0 radical (unpaired) electrons. The minimum atomic E-state index is 0.528. The SMILES string of the molecule is Cc1ccc(Br)cc1C(CC1CCNCC1)N(C)C. The fraction of sp³-hybridized carbons (Fsp3) is 0.625. The fourth-order valence-corrected chi connectivity index (χ4v) is 3.40. The maximum Gasteiger partial charge on any atom is 0.0347 e. The molecule has 0 bridgehead atoms. The quantitative estimate of drug-likeness (QED) is 0.907. The van der Waals surface area contributed by atoms with Crippen molar-refractivity contribution in [3.05, 3.63) is 33.8 Å². The third-order valence-electron chi connectivity index (χ3n) is 4.24. The molecule has 106 valence electrons. The first-order valence-electron chi connectivity index (χ1n) is 7.21. The van der Waals surface area contributed by atoms with Crippen molar-refractivity contribution in [3.63, 3.8) is 0 Å². The average molecular weight is 325 g/mol. The third-order valence-corrected chi connectivity index (χ3v) is 4.73. The van der Waals surface area contributed by atoms with E-state index in [2.05, 4.69) is 65.4 Å². The van der Waals surface area contributed by atoms with E-state index < -0.39 is 0 Å². The van der Waals surface area contributed by atoms with Gasteiger partial charge in [0.25, 0.3) is 0 Å². The second-order valence-electron chi connectivity index (χ2n) is 5.91. The van der Waals surface area contributed by atoms with Gasteiger partial charge < -0.3 is 10.2 Å². The Labute approximate surface area is 125 Å². The van der Waals surface area contributed by atoms with Crippen LogP contribution in [0.5, 0.6) is 0 Å². The number of nitrogens with zero attached hydrogens (tertiary/aromatic N) is 1. The first-order chi connectivity index (χ1) is 9.08. The first kappa shape index (κ1) is 15.0. The Balaban J connectivity index is 2.16. The van der Waals surface area contributed by atoms with Crippen LogP contribution < -0.4 is 5.32 Å². The summed E-state index contributed by atoms with van der Waals surface area (Å²) in [7, 11) is 4.40. The zero-order chi connectivity index (χ0) is 13.8. The summed E-state index contributed by atoms with van der Waals surface area (Å²) in [5.41, 5.74) is 2.87. The number of nitrogens with one attached hydrogen (secondary N) is 1. The summed E-state index contributed by atoms with van der Waals surface area (Å²) in [6, 6.07) is 7.18. The highest BCUT2D eigenvalue weighted by molar-refractivity contribution is 9.10. The molecule has 1 heterocycles. The van der Waals surface area contributed by atoms with E-state index in [4.69, 9.17) is 0 Å². The summed E-state index contributed by atoms with van der Waals surface area (Å²) in [6.07, 6.45) is 3.90. The third kappa shape index (κ3) is 4.04. The lowest BCUT2D eigenvalue weighted by molar-refractivity contribution is 0.222. The standard InChI is InChI=1S/C16H25BrN2/c1-12-4-5-14(17)11-15(12)16(19(2)3)10-13-6-8-18-9-7-13/h4-5,11,13,16,18H,6-10H2,1-3H3. The van der Waals surface area contributed by atoms with E-state index >= 15 is 0 Å². The Kier molecular flexibility index (Phi) is 5.43. The van der Waals surface area contributed by atoms with Crippen molar-refractivity contribution in [1.29, 1.82) is 0 Å². The molecule has 0 aliphatic carbocycles. The molecule has 2 rings (SSSR count). The number of rotatable bonds is 4. The minimum absolute atomic E-state index is 0.528. The predicted molar refractivity (Wildman–Crippen MR) is 85.5 cm³/mol. The number of hydrogen-bond donors (Lipinski definition) is 1. The van der Waals surface area contributed by atoms with Gasteiger partial charge in [-0.2, -0.15) is 0 Å². The fourth-order valence-electron chi connectivity index (χ4n) is 3.02. The van der Waals surface area contributed by atoms with E-state index in [0.29, 0.717) is 6.04 Å². The zero-order valence-corrected chi connectivity index (χ0v) is 13.8. The summed E-state index contributed by atoms with van der Waals surface area (Å²) < 4.78 is 1.19. The molecule has 2 nitrogen and oxygen atoms in total. The molecule has 1 aromatic rings. The molecule has 3 heteroatoms. The van der Waals surface area contributed by atoms with Gasteiger partial charge in [-0.15, -0.1) is 0 Å². The Morgan fingerprint density at radius 2 is 2.00 bits per heavy atom. The van der Waals surface area contributed by atoms with E-state index in [1.54, 1.807) is 0 Å². The highest BCUT2D eigenvalue weighted by atomic mass is 79.9. The lowest BCUT2D eigenvalue weighted by Crippen LogP contribution is -2.31. The van der Waals surface area contributed by atoms with Crippen LogP contribution in [-0.2, 0) is 0 Å². The van der Waals surface area contributed by atoms with Crippen molar-refractivity contribution in [2.75, 3.05) is 27.2 Å². The largest absolute Gasteiger partial charge is 0.317 e. The van der Waals surface area contributed by atoms with Gasteiger partial charge in [0.1, 0.15) is 0 Å². The van der Waals surface area contributed by atoms with E-state index in [1.165, 1.54) is 48.0 Å². The van der Waals surface area contributed by atoms with Crippen molar-refractivity contribution >= 4 is 15.9 Å².